The van der Waals surface area contributed by atoms with Crippen LogP contribution in [-0.4, -0.2) is 61.4 Å². The van der Waals surface area contributed by atoms with Gasteiger partial charge >= 0.3 is 18.3 Å². The molecule has 30 heavy (non-hydrogen) atoms. The summed E-state index contributed by atoms with van der Waals surface area (Å²) in [5.41, 5.74) is -1.42. The molecule has 1 fully saturated rings. The Balaban J connectivity index is 1.71. The zero-order valence-electron chi connectivity index (χ0n) is 15.4. The third-order valence-corrected chi connectivity index (χ3v) is 4.64. The first-order valence-corrected chi connectivity index (χ1v) is 8.84. The number of aromatic nitrogens is 1. The second kappa shape index (κ2) is 8.25. The number of rotatable bonds is 4. The number of esters is 1. The number of hydrogen-bond donors (Lipinski definition) is 0. The molecule has 2 aromatic rings. The lowest BCUT2D eigenvalue weighted by atomic mass is 10.1. The van der Waals surface area contributed by atoms with Crippen molar-refractivity contribution in [1.29, 1.82) is 0 Å². The molecule has 0 radical (unpaired) electrons. The van der Waals surface area contributed by atoms with E-state index in [9.17, 15) is 35.5 Å². The zero-order chi connectivity index (χ0) is 22.1. The van der Waals surface area contributed by atoms with Gasteiger partial charge in [0, 0.05) is 43.8 Å². The van der Waals surface area contributed by atoms with Gasteiger partial charge in [0.25, 0.3) is 0 Å². The van der Waals surface area contributed by atoms with Crippen LogP contribution in [0.2, 0.25) is 0 Å². The number of para-hydroxylation sites is 1. The summed E-state index contributed by atoms with van der Waals surface area (Å²) in [6.07, 6.45) is -9.82. The molecule has 1 aliphatic heterocycles. The van der Waals surface area contributed by atoms with Gasteiger partial charge in [0.15, 0.2) is 0 Å². The number of fused-ring (bicyclic) bond motifs is 1. The molecule has 0 N–H and O–H groups in total. The predicted molar refractivity (Wildman–Crippen MR) is 92.4 cm³/mol. The molecule has 1 aliphatic rings. The van der Waals surface area contributed by atoms with Gasteiger partial charge in [-0.1, -0.05) is 12.1 Å². The van der Waals surface area contributed by atoms with Gasteiger partial charge in [-0.2, -0.15) is 26.3 Å². The number of ether oxygens (including phenoxy) is 1. The highest BCUT2D eigenvalue weighted by molar-refractivity contribution is 5.92. The summed E-state index contributed by atoms with van der Waals surface area (Å²) in [6, 6.07) is 4.74. The molecule has 0 atom stereocenters. The maximum absolute atomic E-state index is 14.1. The van der Waals surface area contributed by atoms with E-state index < -0.39 is 36.4 Å². The Bertz CT molecular complexity index is 922. The molecule has 1 aromatic heterocycles. The van der Waals surface area contributed by atoms with Crippen LogP contribution < -0.4 is 4.90 Å². The second-order valence-electron chi connectivity index (χ2n) is 6.62. The van der Waals surface area contributed by atoms with Crippen molar-refractivity contribution in [2.75, 3.05) is 44.2 Å². The Morgan fingerprint density at radius 1 is 1.07 bits per heavy atom. The largest absolute Gasteiger partial charge is 0.490 e. The lowest BCUT2D eigenvalue weighted by Crippen LogP contribution is -2.47. The number of hydrogen-bond acceptors (Lipinski definition) is 5. The maximum Gasteiger partial charge on any atom is 0.490 e. The minimum Gasteiger partial charge on any atom is -0.458 e. The number of carbonyl (C=O) groups is 1. The van der Waals surface area contributed by atoms with E-state index >= 15 is 0 Å². The summed E-state index contributed by atoms with van der Waals surface area (Å²) in [7, 11) is 0. The normalized spacial score (nSPS) is 16.2. The van der Waals surface area contributed by atoms with Crippen molar-refractivity contribution in [3.63, 3.8) is 0 Å². The molecule has 2 heterocycles. The van der Waals surface area contributed by atoms with E-state index in [1.807, 2.05) is 0 Å². The average Bonchev–Trinajstić information content (AvgIpc) is 2.66. The molecule has 0 saturated carbocycles. The van der Waals surface area contributed by atoms with E-state index in [1.54, 1.807) is 9.80 Å². The number of anilines is 1. The van der Waals surface area contributed by atoms with E-state index in [2.05, 4.69) is 9.72 Å². The minimum absolute atomic E-state index is 0.0508. The lowest BCUT2D eigenvalue weighted by Gasteiger charge is -2.36. The van der Waals surface area contributed by atoms with Gasteiger partial charge in [-0.3, -0.25) is 4.90 Å². The molecule has 0 spiro atoms. The highest BCUT2D eigenvalue weighted by Crippen LogP contribution is 2.35. The van der Waals surface area contributed by atoms with Gasteiger partial charge in [0.1, 0.15) is 23.6 Å². The molecular formula is C18H16F7N3O2. The molecule has 0 aliphatic carbocycles. The number of piperazine rings is 1. The number of nitrogens with zero attached hydrogens (tertiary/aromatic N) is 3. The van der Waals surface area contributed by atoms with E-state index in [4.69, 9.17) is 0 Å². The fraction of sp³-hybridized carbons (Fsp3) is 0.444. The van der Waals surface area contributed by atoms with Crippen molar-refractivity contribution in [3.05, 3.63) is 35.8 Å². The Morgan fingerprint density at radius 2 is 1.73 bits per heavy atom. The van der Waals surface area contributed by atoms with Crippen molar-refractivity contribution >= 4 is 22.6 Å². The van der Waals surface area contributed by atoms with Crippen LogP contribution in [0.5, 0.6) is 0 Å². The molecule has 0 unspecified atom stereocenters. The van der Waals surface area contributed by atoms with Crippen molar-refractivity contribution in [2.45, 2.75) is 12.4 Å². The number of benzene rings is 1. The average molecular weight is 439 g/mol. The van der Waals surface area contributed by atoms with Gasteiger partial charge in [0.2, 0.25) is 0 Å². The number of pyridine rings is 1. The summed E-state index contributed by atoms with van der Waals surface area (Å²) in [6.45, 7) is 0.712. The second-order valence-corrected chi connectivity index (χ2v) is 6.62. The molecule has 1 saturated heterocycles. The summed E-state index contributed by atoms with van der Waals surface area (Å²) < 4.78 is 94.2. The van der Waals surface area contributed by atoms with Crippen LogP contribution in [-0.2, 0) is 15.7 Å². The third-order valence-electron chi connectivity index (χ3n) is 4.64. The van der Waals surface area contributed by atoms with Gasteiger partial charge < -0.3 is 9.64 Å². The zero-order valence-corrected chi connectivity index (χ0v) is 15.4. The summed E-state index contributed by atoms with van der Waals surface area (Å²) in [4.78, 5) is 17.5. The maximum atomic E-state index is 14.1. The molecule has 1 aromatic carbocycles. The predicted octanol–water partition coefficient (Wildman–Crippen LogP) is 3.62. The lowest BCUT2D eigenvalue weighted by molar-refractivity contribution is -0.200. The molecule has 5 nitrogen and oxygen atoms in total. The first-order valence-electron chi connectivity index (χ1n) is 8.84. The number of alkyl halides is 6. The topological polar surface area (TPSA) is 45.7 Å². The molecule has 0 amide bonds. The molecule has 12 heteroatoms. The summed E-state index contributed by atoms with van der Waals surface area (Å²) in [5.74, 6) is -3.14. The highest BCUT2D eigenvalue weighted by atomic mass is 19.4. The monoisotopic (exact) mass is 439 g/mol. The number of carbonyl (C=O) groups excluding carboxylic acids is 1. The van der Waals surface area contributed by atoms with Gasteiger partial charge in [-0.05, 0) is 12.1 Å². The van der Waals surface area contributed by atoms with Crippen molar-refractivity contribution < 1.29 is 40.3 Å². The Kier molecular flexibility index (Phi) is 6.06. The fourth-order valence-electron chi connectivity index (χ4n) is 3.16. The van der Waals surface area contributed by atoms with Crippen LogP contribution >= 0.6 is 0 Å². The standard InChI is InChI=1S/C18H16F7N3O2/c19-12-3-1-2-11-13(10-14(17(20,21)22)26-15(11)12)28-6-4-27(5-7-28)8-9-30-16(29)18(23,24)25/h1-3,10H,4-9H2. The SMILES string of the molecule is O=C(OCCN1CCN(c2cc(C(F)(F)F)nc3c(F)cccc23)CC1)C(F)(F)F. The van der Waals surface area contributed by atoms with Crippen LogP contribution in [0.25, 0.3) is 10.9 Å². The number of halogens is 7. The van der Waals surface area contributed by atoms with Crippen molar-refractivity contribution in [1.82, 2.24) is 9.88 Å². The summed E-state index contributed by atoms with van der Waals surface area (Å²) in [5, 5.41) is 0.232. The van der Waals surface area contributed by atoms with Crippen LogP contribution in [0.4, 0.5) is 36.4 Å². The van der Waals surface area contributed by atoms with Crippen molar-refractivity contribution in [2.24, 2.45) is 0 Å². The van der Waals surface area contributed by atoms with Crippen molar-refractivity contribution in [3.8, 4) is 0 Å². The molecular weight excluding hydrogens is 423 g/mol. The third kappa shape index (κ3) is 4.91. The van der Waals surface area contributed by atoms with Gasteiger partial charge in [0.05, 0.1) is 0 Å². The van der Waals surface area contributed by atoms with Crippen LogP contribution in [0.15, 0.2) is 24.3 Å². The minimum atomic E-state index is -5.06. The highest BCUT2D eigenvalue weighted by Gasteiger charge is 2.41. The Hall–Kier alpha value is -2.63. The van der Waals surface area contributed by atoms with Crippen LogP contribution in [0.3, 0.4) is 0 Å². The Morgan fingerprint density at radius 3 is 2.33 bits per heavy atom. The first kappa shape index (κ1) is 22.1. The van der Waals surface area contributed by atoms with E-state index in [1.165, 1.54) is 12.1 Å². The molecule has 164 valence electrons. The van der Waals surface area contributed by atoms with E-state index in [0.29, 0.717) is 13.1 Å². The molecule has 3 rings (SSSR count). The Labute approximate surface area is 166 Å². The van der Waals surface area contributed by atoms with Gasteiger partial charge in [-0.15, -0.1) is 0 Å². The van der Waals surface area contributed by atoms with Gasteiger partial charge in [-0.25, -0.2) is 14.2 Å². The summed E-state index contributed by atoms with van der Waals surface area (Å²) >= 11 is 0. The fourth-order valence-corrected chi connectivity index (χ4v) is 3.16. The first-order chi connectivity index (χ1) is 14.0. The van der Waals surface area contributed by atoms with Crippen LogP contribution in [0, 0.1) is 5.82 Å². The quantitative estimate of drug-likeness (QED) is 0.538. The van der Waals surface area contributed by atoms with E-state index in [0.717, 1.165) is 12.1 Å². The molecule has 0 bridgehead atoms. The van der Waals surface area contributed by atoms with E-state index in [-0.39, 0.29) is 36.2 Å². The van der Waals surface area contributed by atoms with Crippen LogP contribution in [0.1, 0.15) is 5.69 Å². The smallest absolute Gasteiger partial charge is 0.458 e.